The van der Waals surface area contributed by atoms with Gasteiger partial charge in [0.25, 0.3) is 5.91 Å². The van der Waals surface area contributed by atoms with Gasteiger partial charge in [-0.1, -0.05) is 19.8 Å². The van der Waals surface area contributed by atoms with Crippen LogP contribution in [0.3, 0.4) is 0 Å². The van der Waals surface area contributed by atoms with Crippen molar-refractivity contribution < 1.29 is 14.7 Å². The lowest BCUT2D eigenvalue weighted by Gasteiger charge is -2.35. The molecule has 2 rings (SSSR count). The molecule has 1 aliphatic carbocycles. The van der Waals surface area contributed by atoms with Crippen molar-refractivity contribution in [3.63, 3.8) is 0 Å². The highest BCUT2D eigenvalue weighted by molar-refractivity contribution is 6.39. The van der Waals surface area contributed by atoms with E-state index in [1.807, 2.05) is 0 Å². The zero-order valence-electron chi connectivity index (χ0n) is 11.2. The summed E-state index contributed by atoms with van der Waals surface area (Å²) in [6.07, 6.45) is 4.21. The summed E-state index contributed by atoms with van der Waals surface area (Å²) in [6, 6.07) is 0. The molecule has 0 radical (unpaired) electrons. The minimum atomic E-state index is -0.800. The number of aliphatic hydroxyl groups is 1. The number of amides is 2. The normalized spacial score (nSPS) is 31.4. The molecule has 2 unspecified atom stereocenters. The van der Waals surface area contributed by atoms with Gasteiger partial charge in [0.1, 0.15) is 5.71 Å². The molecule has 1 heterocycles. The minimum Gasteiger partial charge on any atom is -0.388 e. The average Bonchev–Trinajstić information content (AvgIpc) is 2.37. The van der Waals surface area contributed by atoms with E-state index in [2.05, 4.69) is 22.8 Å². The van der Waals surface area contributed by atoms with E-state index in [-0.39, 0.29) is 24.8 Å². The fraction of sp³-hybridized carbons (Fsp3) is 0.769. The van der Waals surface area contributed by atoms with E-state index >= 15 is 0 Å². The van der Waals surface area contributed by atoms with Crippen LogP contribution in [-0.4, -0.2) is 34.8 Å². The quantitative estimate of drug-likeness (QED) is 0.687. The predicted molar refractivity (Wildman–Crippen MR) is 70.4 cm³/mol. The topological polar surface area (TPSA) is 90.8 Å². The van der Waals surface area contributed by atoms with Crippen LogP contribution in [0.1, 0.15) is 45.4 Å². The summed E-state index contributed by atoms with van der Waals surface area (Å²) in [7, 11) is 0. The Morgan fingerprint density at radius 3 is 3.00 bits per heavy atom. The molecule has 1 aliphatic heterocycles. The maximum absolute atomic E-state index is 11.9. The fourth-order valence-electron chi connectivity index (χ4n) is 2.78. The lowest BCUT2D eigenvalue weighted by molar-refractivity contribution is -0.121. The number of nitrogens with one attached hydrogen (secondary N) is 2. The molecule has 1 fully saturated rings. The number of carbonyl (C=O) groups is 2. The van der Waals surface area contributed by atoms with Gasteiger partial charge in [0.05, 0.1) is 5.60 Å². The molecule has 0 saturated heterocycles. The number of hydrogen-bond donors (Lipinski definition) is 3. The Balaban J connectivity index is 1.84. The third-order valence-electron chi connectivity index (χ3n) is 3.81. The van der Waals surface area contributed by atoms with E-state index in [1.165, 1.54) is 0 Å². The summed E-state index contributed by atoms with van der Waals surface area (Å²) >= 11 is 0. The summed E-state index contributed by atoms with van der Waals surface area (Å²) in [5.41, 5.74) is 1.82. The Labute approximate surface area is 112 Å². The number of rotatable bonds is 3. The molecular weight excluding hydrogens is 246 g/mol. The molecule has 0 spiro atoms. The Morgan fingerprint density at radius 1 is 1.58 bits per heavy atom. The second-order valence-electron chi connectivity index (χ2n) is 5.70. The van der Waals surface area contributed by atoms with E-state index in [0.29, 0.717) is 18.1 Å². The van der Waals surface area contributed by atoms with Gasteiger partial charge in [-0.05, 0) is 18.8 Å². The monoisotopic (exact) mass is 267 g/mol. The molecule has 0 aromatic carbocycles. The smallest absolute Gasteiger partial charge is 0.267 e. The molecule has 106 valence electrons. The van der Waals surface area contributed by atoms with E-state index in [9.17, 15) is 14.7 Å². The van der Waals surface area contributed by atoms with E-state index < -0.39 is 5.60 Å². The van der Waals surface area contributed by atoms with Gasteiger partial charge in [0.2, 0.25) is 5.91 Å². The first-order valence-electron chi connectivity index (χ1n) is 6.84. The second-order valence-corrected chi connectivity index (χ2v) is 5.70. The predicted octanol–water partition coefficient (Wildman–Crippen LogP) is 0.310. The molecule has 2 amide bonds. The molecule has 19 heavy (non-hydrogen) atoms. The van der Waals surface area contributed by atoms with Gasteiger partial charge in [-0.2, -0.15) is 5.10 Å². The van der Waals surface area contributed by atoms with Crippen molar-refractivity contribution in [2.24, 2.45) is 11.0 Å². The van der Waals surface area contributed by atoms with Crippen LogP contribution in [0, 0.1) is 5.92 Å². The highest BCUT2D eigenvalue weighted by Gasteiger charge is 2.33. The van der Waals surface area contributed by atoms with Crippen LogP contribution >= 0.6 is 0 Å². The zero-order valence-corrected chi connectivity index (χ0v) is 11.2. The van der Waals surface area contributed by atoms with Crippen LogP contribution in [0.25, 0.3) is 0 Å². The van der Waals surface area contributed by atoms with Crippen molar-refractivity contribution in [3.05, 3.63) is 0 Å². The summed E-state index contributed by atoms with van der Waals surface area (Å²) in [6.45, 7) is 2.37. The maximum Gasteiger partial charge on any atom is 0.267 e. The molecule has 2 atom stereocenters. The van der Waals surface area contributed by atoms with Crippen molar-refractivity contribution in [2.45, 2.75) is 51.0 Å². The molecule has 0 aromatic rings. The summed E-state index contributed by atoms with van der Waals surface area (Å²) in [5, 5.41) is 16.9. The van der Waals surface area contributed by atoms with Crippen LogP contribution in [-0.2, 0) is 9.59 Å². The number of hydrazone groups is 1. The average molecular weight is 267 g/mol. The molecule has 3 N–H and O–H groups in total. The first-order valence-corrected chi connectivity index (χ1v) is 6.84. The fourth-order valence-corrected chi connectivity index (χ4v) is 2.78. The highest BCUT2D eigenvalue weighted by Crippen LogP contribution is 2.31. The molecule has 6 nitrogen and oxygen atoms in total. The summed E-state index contributed by atoms with van der Waals surface area (Å²) in [4.78, 5) is 22.8. The lowest BCUT2D eigenvalue weighted by atomic mass is 9.79. The first kappa shape index (κ1) is 14.0. The number of carbonyl (C=O) groups excluding carboxylic acids is 2. The zero-order chi connectivity index (χ0) is 13.9. The SMILES string of the molecule is CC1CCCC(O)(CNC(=O)C2=NNC(=O)CC2)C1. The van der Waals surface area contributed by atoms with Crippen molar-refractivity contribution >= 4 is 17.5 Å². The maximum atomic E-state index is 11.9. The molecular formula is C13H21N3O3. The van der Waals surface area contributed by atoms with Gasteiger partial charge in [0, 0.05) is 19.4 Å². The number of hydrogen-bond acceptors (Lipinski definition) is 4. The Kier molecular flexibility index (Phi) is 4.19. The standard InChI is InChI=1S/C13H21N3O3/c1-9-3-2-6-13(19,7-9)8-14-12(18)10-4-5-11(17)16-15-10/h9,19H,2-8H2,1H3,(H,14,18)(H,16,17). The van der Waals surface area contributed by atoms with Crippen LogP contribution in [0.5, 0.6) is 0 Å². The van der Waals surface area contributed by atoms with Gasteiger partial charge < -0.3 is 10.4 Å². The van der Waals surface area contributed by atoms with Crippen molar-refractivity contribution in [1.82, 2.24) is 10.7 Å². The second kappa shape index (κ2) is 5.69. The van der Waals surface area contributed by atoms with E-state index in [4.69, 9.17) is 0 Å². The Morgan fingerprint density at radius 2 is 2.37 bits per heavy atom. The van der Waals surface area contributed by atoms with Crippen LogP contribution in [0.15, 0.2) is 5.10 Å². The van der Waals surface area contributed by atoms with Crippen LogP contribution < -0.4 is 10.7 Å². The molecule has 0 aromatic heterocycles. The third kappa shape index (κ3) is 3.76. The summed E-state index contributed by atoms with van der Waals surface area (Å²) < 4.78 is 0. The largest absolute Gasteiger partial charge is 0.388 e. The van der Waals surface area contributed by atoms with Crippen LogP contribution in [0.4, 0.5) is 0 Å². The summed E-state index contributed by atoms with van der Waals surface area (Å²) in [5.74, 6) is 0.0184. The lowest BCUT2D eigenvalue weighted by Crippen LogP contribution is -2.48. The van der Waals surface area contributed by atoms with Crippen molar-refractivity contribution in [3.8, 4) is 0 Å². The highest BCUT2D eigenvalue weighted by atomic mass is 16.3. The minimum absolute atomic E-state index is 0.170. The van der Waals surface area contributed by atoms with Gasteiger partial charge in [-0.3, -0.25) is 9.59 Å². The van der Waals surface area contributed by atoms with Crippen molar-refractivity contribution in [1.29, 1.82) is 0 Å². The van der Waals surface area contributed by atoms with E-state index in [0.717, 1.165) is 25.7 Å². The van der Waals surface area contributed by atoms with Gasteiger partial charge in [-0.15, -0.1) is 0 Å². The van der Waals surface area contributed by atoms with Crippen molar-refractivity contribution in [2.75, 3.05) is 6.54 Å². The van der Waals surface area contributed by atoms with Crippen LogP contribution in [0.2, 0.25) is 0 Å². The third-order valence-corrected chi connectivity index (χ3v) is 3.81. The Bertz CT molecular complexity index is 408. The number of nitrogens with zero attached hydrogens (tertiary/aromatic N) is 1. The van der Waals surface area contributed by atoms with E-state index in [1.54, 1.807) is 0 Å². The molecule has 2 aliphatic rings. The Hall–Kier alpha value is -1.43. The van der Waals surface area contributed by atoms with Gasteiger partial charge >= 0.3 is 0 Å². The molecule has 0 bridgehead atoms. The van der Waals surface area contributed by atoms with Gasteiger partial charge in [0.15, 0.2) is 0 Å². The molecule has 1 saturated carbocycles. The van der Waals surface area contributed by atoms with Gasteiger partial charge in [-0.25, -0.2) is 5.43 Å². The molecule has 6 heteroatoms. The first-order chi connectivity index (χ1) is 8.98.